The van der Waals surface area contributed by atoms with E-state index in [1.54, 1.807) is 13.4 Å². The molecule has 0 bridgehead atoms. The molecular formula is C18H24N4O2S. The van der Waals surface area contributed by atoms with Gasteiger partial charge in [0.2, 0.25) is 0 Å². The fourth-order valence-electron chi connectivity index (χ4n) is 3.71. The number of nitrogens with zero attached hydrogens (tertiary/aromatic N) is 3. The predicted molar refractivity (Wildman–Crippen MR) is 99.8 cm³/mol. The van der Waals surface area contributed by atoms with Crippen molar-refractivity contribution in [3.63, 3.8) is 0 Å². The predicted octanol–water partition coefficient (Wildman–Crippen LogP) is 3.06. The maximum atomic E-state index is 12.4. The van der Waals surface area contributed by atoms with Crippen LogP contribution in [0.15, 0.2) is 24.5 Å². The number of fused-ring (bicyclic) bond motifs is 1. The molecule has 1 aromatic heterocycles. The van der Waals surface area contributed by atoms with Crippen LogP contribution in [-0.4, -0.2) is 45.4 Å². The van der Waals surface area contributed by atoms with Crippen molar-refractivity contribution < 1.29 is 8.95 Å². The van der Waals surface area contributed by atoms with Gasteiger partial charge in [-0.05, 0) is 43.7 Å². The highest BCUT2D eigenvalue weighted by atomic mass is 32.2. The van der Waals surface area contributed by atoms with E-state index in [4.69, 9.17) is 9.52 Å². The van der Waals surface area contributed by atoms with E-state index in [9.17, 15) is 4.21 Å². The second kappa shape index (κ2) is 6.44. The molecule has 1 N–H and O–H groups in total. The number of para-hydroxylation sites is 1. The highest BCUT2D eigenvalue weighted by Gasteiger charge is 2.35. The van der Waals surface area contributed by atoms with Crippen molar-refractivity contribution in [3.8, 4) is 5.75 Å². The number of nitrogens with one attached hydrogen (secondary N) is 1. The minimum atomic E-state index is -2.37. The zero-order valence-corrected chi connectivity index (χ0v) is 15.3. The van der Waals surface area contributed by atoms with E-state index in [1.807, 2.05) is 18.2 Å². The first-order chi connectivity index (χ1) is 12.1. The van der Waals surface area contributed by atoms with Crippen LogP contribution in [0.1, 0.15) is 25.7 Å². The van der Waals surface area contributed by atoms with Crippen LogP contribution < -0.4 is 9.64 Å². The smallest absolute Gasteiger partial charge is 0.145 e. The zero-order chi connectivity index (χ0) is 17.4. The quantitative estimate of drug-likeness (QED) is 0.886. The lowest BCUT2D eigenvalue weighted by atomic mass is 9.98. The van der Waals surface area contributed by atoms with Gasteiger partial charge in [-0.1, -0.05) is 6.07 Å². The maximum Gasteiger partial charge on any atom is 0.145 e. The third-order valence-corrected chi connectivity index (χ3v) is 7.80. The second-order valence-electron chi connectivity index (χ2n) is 7.08. The van der Waals surface area contributed by atoms with E-state index in [2.05, 4.69) is 14.9 Å². The SMILES string of the molecule is COc1cccc2c(N3CCC(CS(=N)(=O)C4CC4)CC3)ncnc12. The normalized spacial score (nSPS) is 21.2. The molecule has 1 aliphatic carbocycles. The van der Waals surface area contributed by atoms with Crippen molar-refractivity contribution in [1.29, 1.82) is 4.78 Å². The van der Waals surface area contributed by atoms with Crippen LogP contribution in [0.4, 0.5) is 5.82 Å². The van der Waals surface area contributed by atoms with Gasteiger partial charge in [0.15, 0.2) is 0 Å². The van der Waals surface area contributed by atoms with Crippen LogP contribution in [0, 0.1) is 10.7 Å². The Morgan fingerprint density at radius 1 is 1.24 bits per heavy atom. The van der Waals surface area contributed by atoms with Gasteiger partial charge in [0, 0.05) is 39.2 Å². The molecule has 1 saturated heterocycles. The summed E-state index contributed by atoms with van der Waals surface area (Å²) in [5, 5.41) is 1.17. The van der Waals surface area contributed by atoms with Crippen molar-refractivity contribution in [1.82, 2.24) is 9.97 Å². The van der Waals surface area contributed by atoms with Crippen LogP contribution in [0.2, 0.25) is 0 Å². The average Bonchev–Trinajstić information content (AvgIpc) is 3.47. The summed E-state index contributed by atoms with van der Waals surface area (Å²) in [6.07, 6.45) is 5.50. The number of hydrogen-bond acceptors (Lipinski definition) is 6. The first-order valence-corrected chi connectivity index (χ1v) is 10.7. The maximum absolute atomic E-state index is 12.4. The molecule has 0 spiro atoms. The van der Waals surface area contributed by atoms with E-state index in [1.165, 1.54) is 0 Å². The van der Waals surface area contributed by atoms with Crippen LogP contribution in [-0.2, 0) is 9.73 Å². The molecule has 2 fully saturated rings. The third-order valence-electron chi connectivity index (χ3n) is 5.29. The lowest BCUT2D eigenvalue weighted by Gasteiger charge is -2.33. The van der Waals surface area contributed by atoms with Crippen molar-refractivity contribution in [2.24, 2.45) is 5.92 Å². The molecule has 1 atom stereocenters. The molecule has 0 amide bonds. The van der Waals surface area contributed by atoms with Crippen LogP contribution in [0.25, 0.3) is 10.9 Å². The van der Waals surface area contributed by atoms with E-state index in [0.29, 0.717) is 11.7 Å². The molecular weight excluding hydrogens is 336 g/mol. The van der Waals surface area contributed by atoms with Crippen molar-refractivity contribution >= 4 is 26.4 Å². The number of rotatable bonds is 5. The minimum absolute atomic E-state index is 0.170. The number of benzene rings is 1. The van der Waals surface area contributed by atoms with Gasteiger partial charge in [-0.15, -0.1) is 0 Å². The first-order valence-electron chi connectivity index (χ1n) is 8.86. The summed E-state index contributed by atoms with van der Waals surface area (Å²) in [6.45, 7) is 1.77. The van der Waals surface area contributed by atoms with Gasteiger partial charge < -0.3 is 9.64 Å². The molecule has 0 radical (unpaired) electrons. The number of hydrogen-bond donors (Lipinski definition) is 1. The van der Waals surface area contributed by atoms with E-state index in [0.717, 1.165) is 61.2 Å². The number of ether oxygens (including phenoxy) is 1. The molecule has 134 valence electrons. The molecule has 1 unspecified atom stereocenters. The average molecular weight is 360 g/mol. The number of aromatic nitrogens is 2. The van der Waals surface area contributed by atoms with Crippen molar-refractivity contribution in [2.45, 2.75) is 30.9 Å². The minimum Gasteiger partial charge on any atom is -0.494 e. The summed E-state index contributed by atoms with van der Waals surface area (Å²) in [6, 6.07) is 5.91. The summed E-state index contributed by atoms with van der Waals surface area (Å²) < 4.78 is 26.0. The lowest BCUT2D eigenvalue weighted by molar-refractivity contribution is 0.418. The molecule has 6 nitrogen and oxygen atoms in total. The summed E-state index contributed by atoms with van der Waals surface area (Å²) in [7, 11) is -0.720. The molecule has 7 heteroatoms. The molecule has 2 aromatic rings. The fraction of sp³-hybridized carbons (Fsp3) is 0.556. The van der Waals surface area contributed by atoms with E-state index in [-0.39, 0.29) is 5.25 Å². The van der Waals surface area contributed by atoms with Gasteiger partial charge in [0.05, 0.1) is 7.11 Å². The Kier molecular flexibility index (Phi) is 4.27. The Hall–Kier alpha value is -1.89. The monoisotopic (exact) mass is 360 g/mol. The summed E-state index contributed by atoms with van der Waals surface area (Å²) in [5.41, 5.74) is 0.833. The molecule has 25 heavy (non-hydrogen) atoms. The van der Waals surface area contributed by atoms with E-state index >= 15 is 0 Å². The van der Waals surface area contributed by atoms with Gasteiger partial charge in [-0.2, -0.15) is 0 Å². The Balaban J connectivity index is 1.50. The number of piperidine rings is 1. The largest absolute Gasteiger partial charge is 0.494 e. The summed E-state index contributed by atoms with van der Waals surface area (Å²) >= 11 is 0. The zero-order valence-electron chi connectivity index (χ0n) is 14.5. The number of anilines is 1. The highest BCUT2D eigenvalue weighted by molar-refractivity contribution is 7.93. The molecule has 1 aromatic carbocycles. The third kappa shape index (κ3) is 3.29. The van der Waals surface area contributed by atoms with Crippen LogP contribution >= 0.6 is 0 Å². The molecule has 1 saturated carbocycles. The molecule has 4 rings (SSSR count). The second-order valence-corrected chi connectivity index (χ2v) is 9.53. The fourth-order valence-corrected chi connectivity index (χ4v) is 5.91. The Morgan fingerprint density at radius 2 is 2.00 bits per heavy atom. The van der Waals surface area contributed by atoms with Gasteiger partial charge in [0.1, 0.15) is 23.4 Å². The number of methoxy groups -OCH3 is 1. The van der Waals surface area contributed by atoms with Gasteiger partial charge in [0.25, 0.3) is 0 Å². The highest BCUT2D eigenvalue weighted by Crippen LogP contribution is 2.34. The Morgan fingerprint density at radius 3 is 2.68 bits per heavy atom. The van der Waals surface area contributed by atoms with Gasteiger partial charge in [-0.25, -0.2) is 14.2 Å². The molecule has 2 aliphatic rings. The van der Waals surface area contributed by atoms with Crippen molar-refractivity contribution in [3.05, 3.63) is 24.5 Å². The van der Waals surface area contributed by atoms with Gasteiger partial charge in [-0.3, -0.25) is 4.78 Å². The van der Waals surface area contributed by atoms with Gasteiger partial charge >= 0.3 is 0 Å². The van der Waals surface area contributed by atoms with Crippen LogP contribution in [0.5, 0.6) is 5.75 Å². The standard InChI is InChI=1S/C18H24N4O2S/c1-24-16-4-2-3-15-17(16)20-12-21-18(15)22-9-7-13(8-10-22)11-25(19,23)14-5-6-14/h2-4,12-14,19H,5-11H2,1H3. The van der Waals surface area contributed by atoms with Crippen LogP contribution in [0.3, 0.4) is 0 Å². The molecule has 2 heterocycles. The first kappa shape index (κ1) is 16.6. The summed E-state index contributed by atoms with van der Waals surface area (Å²) in [4.78, 5) is 11.2. The lowest BCUT2D eigenvalue weighted by Crippen LogP contribution is -2.36. The Labute approximate surface area is 148 Å². The van der Waals surface area contributed by atoms with E-state index < -0.39 is 9.73 Å². The van der Waals surface area contributed by atoms with Crippen molar-refractivity contribution in [2.75, 3.05) is 30.9 Å². The Bertz CT molecular complexity index is 872. The topological polar surface area (TPSA) is 79.2 Å². The summed E-state index contributed by atoms with van der Waals surface area (Å²) in [5.74, 6) is 2.67. The molecule has 1 aliphatic heterocycles.